The average Bonchev–Trinajstić information content (AvgIpc) is 2.40. The molecule has 102 valence electrons. The Bertz CT molecular complexity index is 681. The SMILES string of the molecule is COc1cc2c(=O)c([S+](C)[O-])nn(C)c2cc1OC. The van der Waals surface area contributed by atoms with Gasteiger partial charge < -0.3 is 14.0 Å². The summed E-state index contributed by atoms with van der Waals surface area (Å²) in [6.45, 7) is 0. The molecule has 0 fully saturated rings. The van der Waals surface area contributed by atoms with Crippen molar-refractivity contribution in [2.45, 2.75) is 5.03 Å². The van der Waals surface area contributed by atoms with Crippen LogP contribution in [0.2, 0.25) is 0 Å². The molecule has 2 aromatic rings. The first kappa shape index (κ1) is 13.7. The van der Waals surface area contributed by atoms with Crippen LogP contribution in [-0.2, 0) is 18.2 Å². The molecule has 6 nitrogen and oxygen atoms in total. The Labute approximate surface area is 113 Å². The third-order valence-corrected chi connectivity index (χ3v) is 3.61. The summed E-state index contributed by atoms with van der Waals surface area (Å²) >= 11 is -1.44. The number of nitrogens with zero attached hydrogens (tertiary/aromatic N) is 2. The zero-order valence-corrected chi connectivity index (χ0v) is 11.9. The number of hydrogen-bond acceptors (Lipinski definition) is 5. The van der Waals surface area contributed by atoms with Crippen LogP contribution in [0, 0.1) is 0 Å². The van der Waals surface area contributed by atoms with Gasteiger partial charge in [-0.1, -0.05) is 0 Å². The quantitative estimate of drug-likeness (QED) is 0.774. The van der Waals surface area contributed by atoms with Crippen LogP contribution in [0.5, 0.6) is 11.5 Å². The summed E-state index contributed by atoms with van der Waals surface area (Å²) < 4.78 is 23.4. The largest absolute Gasteiger partial charge is 0.610 e. The van der Waals surface area contributed by atoms with E-state index in [1.54, 1.807) is 19.2 Å². The summed E-state index contributed by atoms with van der Waals surface area (Å²) in [5, 5.41) is 4.47. The molecule has 0 spiro atoms. The van der Waals surface area contributed by atoms with Gasteiger partial charge in [-0.2, -0.15) is 0 Å². The number of aromatic nitrogens is 2. The fraction of sp³-hybridized carbons (Fsp3) is 0.333. The van der Waals surface area contributed by atoms with Gasteiger partial charge in [0.05, 0.1) is 25.1 Å². The van der Waals surface area contributed by atoms with Gasteiger partial charge >= 0.3 is 5.03 Å². The van der Waals surface area contributed by atoms with Crippen LogP contribution in [0.4, 0.5) is 0 Å². The number of rotatable bonds is 3. The Morgan fingerprint density at radius 2 is 1.84 bits per heavy atom. The smallest absolute Gasteiger partial charge is 0.309 e. The van der Waals surface area contributed by atoms with E-state index in [9.17, 15) is 9.35 Å². The minimum Gasteiger partial charge on any atom is -0.610 e. The zero-order chi connectivity index (χ0) is 14.2. The highest BCUT2D eigenvalue weighted by atomic mass is 32.2. The van der Waals surface area contributed by atoms with Crippen LogP contribution in [-0.4, -0.2) is 34.8 Å². The summed E-state index contributed by atoms with van der Waals surface area (Å²) in [5.74, 6) is 0.961. The minimum atomic E-state index is -1.44. The first-order valence-electron chi connectivity index (χ1n) is 5.46. The van der Waals surface area contributed by atoms with E-state index < -0.39 is 11.2 Å². The maximum Gasteiger partial charge on any atom is 0.309 e. The lowest BCUT2D eigenvalue weighted by atomic mass is 10.2. The molecule has 19 heavy (non-hydrogen) atoms. The Morgan fingerprint density at radius 1 is 1.26 bits per heavy atom. The van der Waals surface area contributed by atoms with E-state index in [0.717, 1.165) is 0 Å². The van der Waals surface area contributed by atoms with Gasteiger partial charge in [0, 0.05) is 24.3 Å². The maximum absolute atomic E-state index is 12.2. The summed E-state index contributed by atoms with van der Waals surface area (Å²) in [7, 11) is 4.70. The van der Waals surface area contributed by atoms with E-state index in [0.29, 0.717) is 22.4 Å². The van der Waals surface area contributed by atoms with Crippen molar-refractivity contribution in [3.05, 3.63) is 22.4 Å². The first-order chi connectivity index (χ1) is 8.99. The fourth-order valence-electron chi connectivity index (χ4n) is 1.86. The van der Waals surface area contributed by atoms with Crippen LogP contribution in [0.15, 0.2) is 22.0 Å². The van der Waals surface area contributed by atoms with E-state index in [1.807, 2.05) is 0 Å². The summed E-state index contributed by atoms with van der Waals surface area (Å²) in [5.41, 5.74) is 0.242. The van der Waals surface area contributed by atoms with E-state index in [-0.39, 0.29) is 10.5 Å². The molecule has 0 radical (unpaired) electrons. The van der Waals surface area contributed by atoms with Gasteiger partial charge in [-0.3, -0.25) is 9.48 Å². The van der Waals surface area contributed by atoms with Crippen LogP contribution in [0.25, 0.3) is 10.9 Å². The van der Waals surface area contributed by atoms with Gasteiger partial charge in [0.15, 0.2) is 11.5 Å². The molecule has 1 aromatic carbocycles. The fourth-order valence-corrected chi connectivity index (χ4v) is 2.47. The monoisotopic (exact) mass is 282 g/mol. The lowest BCUT2D eigenvalue weighted by molar-refractivity contribution is 0.355. The van der Waals surface area contributed by atoms with E-state index in [2.05, 4.69) is 5.10 Å². The van der Waals surface area contributed by atoms with Crippen LogP contribution >= 0.6 is 0 Å². The third-order valence-electron chi connectivity index (χ3n) is 2.80. The molecule has 1 aromatic heterocycles. The molecule has 0 aliphatic heterocycles. The van der Waals surface area contributed by atoms with Crippen molar-refractivity contribution in [1.82, 2.24) is 9.78 Å². The van der Waals surface area contributed by atoms with Crippen LogP contribution in [0.1, 0.15) is 0 Å². The highest BCUT2D eigenvalue weighted by molar-refractivity contribution is 7.90. The Hall–Kier alpha value is -1.73. The Kier molecular flexibility index (Phi) is 3.68. The average molecular weight is 282 g/mol. The molecule has 0 aliphatic carbocycles. The lowest BCUT2D eigenvalue weighted by Gasteiger charge is -2.12. The van der Waals surface area contributed by atoms with Crippen molar-refractivity contribution in [2.75, 3.05) is 20.5 Å². The second kappa shape index (κ2) is 5.10. The van der Waals surface area contributed by atoms with Gasteiger partial charge in [0.25, 0.3) is 5.43 Å². The second-order valence-electron chi connectivity index (χ2n) is 3.94. The minimum absolute atomic E-state index is 0.0298. The van der Waals surface area contributed by atoms with Crippen molar-refractivity contribution >= 4 is 22.1 Å². The maximum atomic E-state index is 12.2. The number of ether oxygens (including phenoxy) is 2. The molecule has 1 heterocycles. The number of benzene rings is 1. The molecule has 0 amide bonds. The van der Waals surface area contributed by atoms with Gasteiger partial charge in [0.1, 0.15) is 6.26 Å². The molecule has 0 bridgehead atoms. The predicted octanol–water partition coefficient (Wildman–Crippen LogP) is 0.688. The standard InChI is InChI=1S/C12H14N2O4S/c1-14-8-6-10(18-3)9(17-2)5-7(8)11(15)12(13-14)19(4)16/h5-6H,1-4H3. The number of aryl methyl sites for hydroxylation is 1. The van der Waals surface area contributed by atoms with Gasteiger partial charge in [-0.05, 0) is 6.07 Å². The van der Waals surface area contributed by atoms with Crippen molar-refractivity contribution in [3.63, 3.8) is 0 Å². The molecular formula is C12H14N2O4S. The molecule has 0 saturated carbocycles. The summed E-state index contributed by atoms with van der Waals surface area (Å²) in [6, 6.07) is 3.25. The van der Waals surface area contributed by atoms with E-state index >= 15 is 0 Å². The van der Waals surface area contributed by atoms with Crippen molar-refractivity contribution in [3.8, 4) is 11.5 Å². The molecule has 0 saturated heterocycles. The predicted molar refractivity (Wildman–Crippen MR) is 72.4 cm³/mol. The topological polar surface area (TPSA) is 76.4 Å². The normalized spacial score (nSPS) is 12.5. The molecular weight excluding hydrogens is 268 g/mol. The van der Waals surface area contributed by atoms with Crippen LogP contribution < -0.4 is 14.9 Å². The number of hydrogen-bond donors (Lipinski definition) is 0. The highest BCUT2D eigenvalue weighted by Crippen LogP contribution is 2.30. The first-order valence-corrected chi connectivity index (χ1v) is 7.02. The van der Waals surface area contributed by atoms with Crippen molar-refractivity contribution < 1.29 is 14.0 Å². The highest BCUT2D eigenvalue weighted by Gasteiger charge is 2.19. The van der Waals surface area contributed by atoms with Gasteiger partial charge in [-0.15, -0.1) is 5.10 Å². The molecule has 0 N–H and O–H groups in total. The Balaban J connectivity index is 2.88. The van der Waals surface area contributed by atoms with Crippen LogP contribution in [0.3, 0.4) is 0 Å². The molecule has 2 rings (SSSR count). The van der Waals surface area contributed by atoms with Crippen molar-refractivity contribution in [1.29, 1.82) is 0 Å². The summed E-state index contributed by atoms with van der Waals surface area (Å²) in [6.07, 6.45) is 1.43. The van der Waals surface area contributed by atoms with Crippen molar-refractivity contribution in [2.24, 2.45) is 7.05 Å². The van der Waals surface area contributed by atoms with E-state index in [4.69, 9.17) is 9.47 Å². The van der Waals surface area contributed by atoms with E-state index in [1.165, 1.54) is 25.2 Å². The van der Waals surface area contributed by atoms with Gasteiger partial charge in [-0.25, -0.2) is 0 Å². The lowest BCUT2D eigenvalue weighted by Crippen LogP contribution is -2.21. The third kappa shape index (κ3) is 2.26. The molecule has 1 unspecified atom stereocenters. The summed E-state index contributed by atoms with van der Waals surface area (Å²) in [4.78, 5) is 12.2. The zero-order valence-electron chi connectivity index (χ0n) is 11.1. The Morgan fingerprint density at radius 3 is 2.37 bits per heavy atom. The molecule has 7 heteroatoms. The number of fused-ring (bicyclic) bond motifs is 1. The molecule has 1 atom stereocenters. The molecule has 0 aliphatic rings. The van der Waals surface area contributed by atoms with Gasteiger partial charge in [0.2, 0.25) is 0 Å². The second-order valence-corrected chi connectivity index (χ2v) is 5.23. The number of methoxy groups -OCH3 is 2.